The molecule has 0 aliphatic rings. The van der Waals surface area contributed by atoms with Gasteiger partial charge >= 0.3 is 0 Å². The lowest BCUT2D eigenvalue weighted by molar-refractivity contribution is 0.414. The van der Waals surface area contributed by atoms with E-state index in [1.807, 2.05) is 18.2 Å². The van der Waals surface area contributed by atoms with Crippen LogP contribution in [0.2, 0.25) is 5.02 Å². The van der Waals surface area contributed by atoms with E-state index in [1.54, 1.807) is 7.11 Å². The van der Waals surface area contributed by atoms with Gasteiger partial charge in [-0.25, -0.2) is 0 Å². The highest BCUT2D eigenvalue weighted by atomic mass is 35.5. The molecule has 2 nitrogen and oxygen atoms in total. The first-order valence-electron chi connectivity index (χ1n) is 7.29. The van der Waals surface area contributed by atoms with Gasteiger partial charge in [0.2, 0.25) is 0 Å². The number of ether oxygens (including phenoxy) is 1. The Bertz CT molecular complexity index is 598. The highest BCUT2D eigenvalue weighted by Crippen LogP contribution is 2.31. The van der Waals surface area contributed by atoms with Gasteiger partial charge in [0.15, 0.2) is 0 Å². The third kappa shape index (κ3) is 3.99. The van der Waals surface area contributed by atoms with Gasteiger partial charge in [0.05, 0.1) is 13.2 Å². The van der Waals surface area contributed by atoms with Gasteiger partial charge in [-0.2, -0.15) is 0 Å². The van der Waals surface area contributed by atoms with Gasteiger partial charge in [-0.3, -0.25) is 0 Å². The Kier molecular flexibility index (Phi) is 5.66. The second-order valence-corrected chi connectivity index (χ2v) is 5.60. The Labute approximate surface area is 132 Å². The molecule has 0 spiro atoms. The number of benzene rings is 2. The van der Waals surface area contributed by atoms with Crippen LogP contribution in [0.5, 0.6) is 5.75 Å². The van der Waals surface area contributed by atoms with E-state index in [9.17, 15) is 0 Å². The lowest BCUT2D eigenvalue weighted by Crippen LogP contribution is -2.23. The molecule has 0 radical (unpaired) electrons. The van der Waals surface area contributed by atoms with Crippen molar-refractivity contribution in [2.24, 2.45) is 0 Å². The number of hydrogen-bond acceptors (Lipinski definition) is 2. The summed E-state index contributed by atoms with van der Waals surface area (Å²) < 4.78 is 5.23. The largest absolute Gasteiger partial charge is 0.497 e. The van der Waals surface area contributed by atoms with Crippen molar-refractivity contribution < 1.29 is 4.74 Å². The Hall–Kier alpha value is -1.51. The minimum absolute atomic E-state index is 0.100. The molecule has 0 bridgehead atoms. The van der Waals surface area contributed by atoms with E-state index in [0.717, 1.165) is 29.3 Å². The lowest BCUT2D eigenvalue weighted by Gasteiger charge is -2.21. The summed E-state index contributed by atoms with van der Waals surface area (Å²) in [5.41, 5.74) is 3.56. The Morgan fingerprint density at radius 2 is 2.00 bits per heavy atom. The van der Waals surface area contributed by atoms with Gasteiger partial charge in [-0.05, 0) is 43.1 Å². The zero-order valence-corrected chi connectivity index (χ0v) is 13.6. The van der Waals surface area contributed by atoms with E-state index >= 15 is 0 Å². The van der Waals surface area contributed by atoms with Gasteiger partial charge in [0.1, 0.15) is 5.75 Å². The van der Waals surface area contributed by atoms with Crippen molar-refractivity contribution >= 4 is 11.6 Å². The highest BCUT2D eigenvalue weighted by Gasteiger charge is 2.17. The number of halogens is 1. The summed E-state index contributed by atoms with van der Waals surface area (Å²) in [5.74, 6) is 0.780. The molecule has 0 aliphatic heterocycles. The van der Waals surface area contributed by atoms with Crippen molar-refractivity contribution in [3.63, 3.8) is 0 Å². The standard InChI is InChI=1S/C18H22ClNO/c1-4-10-20-18(14-7-5-6-13(2)11-14)16-9-8-15(21-3)12-17(16)19/h5-9,11-12,18,20H,4,10H2,1-3H3. The van der Waals surface area contributed by atoms with Crippen LogP contribution < -0.4 is 10.1 Å². The first kappa shape index (κ1) is 15.9. The zero-order chi connectivity index (χ0) is 15.2. The molecule has 112 valence electrons. The average molecular weight is 304 g/mol. The maximum atomic E-state index is 6.45. The topological polar surface area (TPSA) is 21.3 Å². The molecule has 0 aliphatic carbocycles. The molecule has 1 N–H and O–H groups in total. The van der Waals surface area contributed by atoms with Crippen LogP contribution in [0, 0.1) is 6.92 Å². The van der Waals surface area contributed by atoms with Crippen LogP contribution in [0.1, 0.15) is 36.1 Å². The Morgan fingerprint density at radius 1 is 1.19 bits per heavy atom. The maximum absolute atomic E-state index is 6.45. The van der Waals surface area contributed by atoms with Gasteiger partial charge in [-0.1, -0.05) is 54.4 Å². The van der Waals surface area contributed by atoms with Gasteiger partial charge in [-0.15, -0.1) is 0 Å². The normalized spacial score (nSPS) is 12.2. The number of hydrogen-bond donors (Lipinski definition) is 1. The summed E-state index contributed by atoms with van der Waals surface area (Å²) in [7, 11) is 1.65. The van der Waals surface area contributed by atoms with E-state index in [-0.39, 0.29) is 6.04 Å². The fourth-order valence-electron chi connectivity index (χ4n) is 2.41. The van der Waals surface area contributed by atoms with Crippen LogP contribution >= 0.6 is 11.6 Å². The monoisotopic (exact) mass is 303 g/mol. The van der Waals surface area contributed by atoms with E-state index in [2.05, 4.69) is 43.4 Å². The molecule has 0 saturated carbocycles. The number of aryl methyl sites for hydroxylation is 1. The van der Waals surface area contributed by atoms with Crippen LogP contribution in [0.25, 0.3) is 0 Å². The zero-order valence-electron chi connectivity index (χ0n) is 12.8. The molecule has 21 heavy (non-hydrogen) atoms. The first-order chi connectivity index (χ1) is 10.2. The highest BCUT2D eigenvalue weighted by molar-refractivity contribution is 6.31. The van der Waals surface area contributed by atoms with Gasteiger partial charge in [0.25, 0.3) is 0 Å². The van der Waals surface area contributed by atoms with Crippen LogP contribution in [-0.4, -0.2) is 13.7 Å². The summed E-state index contributed by atoms with van der Waals surface area (Å²) in [5, 5.41) is 4.31. The molecular weight excluding hydrogens is 282 g/mol. The van der Waals surface area contributed by atoms with E-state index in [0.29, 0.717) is 0 Å². The van der Waals surface area contributed by atoms with Crippen molar-refractivity contribution in [3.8, 4) is 5.75 Å². The van der Waals surface area contributed by atoms with Gasteiger partial charge in [0, 0.05) is 5.02 Å². The molecule has 1 unspecified atom stereocenters. The fraction of sp³-hybridized carbons (Fsp3) is 0.333. The number of nitrogens with one attached hydrogen (secondary N) is 1. The number of rotatable bonds is 6. The minimum Gasteiger partial charge on any atom is -0.497 e. The van der Waals surface area contributed by atoms with Crippen molar-refractivity contribution in [1.29, 1.82) is 0 Å². The lowest BCUT2D eigenvalue weighted by atomic mass is 9.97. The van der Waals surface area contributed by atoms with Crippen molar-refractivity contribution in [1.82, 2.24) is 5.32 Å². The number of methoxy groups -OCH3 is 1. The molecule has 2 aromatic carbocycles. The first-order valence-corrected chi connectivity index (χ1v) is 7.67. The van der Waals surface area contributed by atoms with Crippen LogP contribution in [0.15, 0.2) is 42.5 Å². The second-order valence-electron chi connectivity index (χ2n) is 5.19. The third-order valence-corrected chi connectivity index (χ3v) is 3.82. The van der Waals surface area contributed by atoms with E-state index in [4.69, 9.17) is 16.3 Å². The molecule has 1 atom stereocenters. The summed E-state index contributed by atoms with van der Waals surface area (Å²) in [6.07, 6.45) is 1.08. The summed E-state index contributed by atoms with van der Waals surface area (Å²) in [6, 6.07) is 14.5. The minimum atomic E-state index is 0.100. The molecule has 0 amide bonds. The maximum Gasteiger partial charge on any atom is 0.120 e. The predicted octanol–water partition coefficient (Wildman–Crippen LogP) is 4.75. The van der Waals surface area contributed by atoms with E-state index in [1.165, 1.54) is 11.1 Å². The fourth-order valence-corrected chi connectivity index (χ4v) is 2.69. The molecule has 0 saturated heterocycles. The van der Waals surface area contributed by atoms with Crippen LogP contribution in [-0.2, 0) is 0 Å². The summed E-state index contributed by atoms with van der Waals surface area (Å²) in [6.45, 7) is 5.22. The van der Waals surface area contributed by atoms with Gasteiger partial charge < -0.3 is 10.1 Å². The van der Waals surface area contributed by atoms with Crippen molar-refractivity contribution in [2.75, 3.05) is 13.7 Å². The SMILES string of the molecule is CCCNC(c1cccc(C)c1)c1ccc(OC)cc1Cl. The smallest absolute Gasteiger partial charge is 0.120 e. The third-order valence-electron chi connectivity index (χ3n) is 3.49. The van der Waals surface area contributed by atoms with E-state index < -0.39 is 0 Å². The predicted molar refractivity (Wildman–Crippen MR) is 89.3 cm³/mol. The molecule has 3 heteroatoms. The summed E-state index contributed by atoms with van der Waals surface area (Å²) >= 11 is 6.45. The molecule has 0 aromatic heterocycles. The quantitative estimate of drug-likeness (QED) is 0.832. The molecule has 2 aromatic rings. The van der Waals surface area contributed by atoms with Crippen molar-refractivity contribution in [3.05, 3.63) is 64.2 Å². The summed E-state index contributed by atoms with van der Waals surface area (Å²) in [4.78, 5) is 0. The second kappa shape index (κ2) is 7.48. The molecular formula is C18H22ClNO. The average Bonchev–Trinajstić information content (AvgIpc) is 2.49. The van der Waals surface area contributed by atoms with Crippen LogP contribution in [0.4, 0.5) is 0 Å². The Balaban J connectivity index is 2.40. The van der Waals surface area contributed by atoms with Crippen LogP contribution in [0.3, 0.4) is 0 Å². The Morgan fingerprint density at radius 3 is 2.62 bits per heavy atom. The van der Waals surface area contributed by atoms with Crippen molar-refractivity contribution in [2.45, 2.75) is 26.3 Å². The molecule has 0 heterocycles. The molecule has 0 fully saturated rings. The molecule has 2 rings (SSSR count).